The molecular formula is C10H13N3. The lowest BCUT2D eigenvalue weighted by Gasteiger charge is -1.94. The van der Waals surface area contributed by atoms with Crippen LogP contribution in [0.25, 0.3) is 10.9 Å². The van der Waals surface area contributed by atoms with Gasteiger partial charge in [-0.25, -0.2) is 0 Å². The Morgan fingerprint density at radius 2 is 2.31 bits per heavy atom. The predicted octanol–water partition coefficient (Wildman–Crippen LogP) is 1.47. The van der Waals surface area contributed by atoms with E-state index < -0.39 is 0 Å². The van der Waals surface area contributed by atoms with Crippen molar-refractivity contribution in [1.29, 1.82) is 0 Å². The molecule has 3 heteroatoms. The van der Waals surface area contributed by atoms with Gasteiger partial charge >= 0.3 is 0 Å². The van der Waals surface area contributed by atoms with Gasteiger partial charge in [0.2, 0.25) is 0 Å². The topological polar surface area (TPSA) is 53.8 Å². The van der Waals surface area contributed by atoms with Gasteiger partial charge in [-0.2, -0.15) is 0 Å². The van der Waals surface area contributed by atoms with Crippen LogP contribution >= 0.6 is 0 Å². The van der Waals surface area contributed by atoms with Gasteiger partial charge in [-0.3, -0.25) is 0 Å². The molecule has 13 heavy (non-hydrogen) atoms. The molecule has 1 aromatic heterocycles. The van der Waals surface area contributed by atoms with Crippen molar-refractivity contribution in [2.75, 3.05) is 12.8 Å². The van der Waals surface area contributed by atoms with Crippen molar-refractivity contribution in [3.8, 4) is 0 Å². The second-order valence-electron chi connectivity index (χ2n) is 3.14. The molecule has 0 fully saturated rings. The summed E-state index contributed by atoms with van der Waals surface area (Å²) in [5, 5.41) is 4.26. The number of nitrogens with one attached hydrogen (secondary N) is 2. The zero-order valence-corrected chi connectivity index (χ0v) is 7.59. The van der Waals surface area contributed by atoms with Crippen LogP contribution in [0.4, 0.5) is 5.69 Å². The van der Waals surface area contributed by atoms with E-state index in [1.54, 1.807) is 0 Å². The highest BCUT2D eigenvalue weighted by Gasteiger charge is 2.01. The average molecular weight is 175 g/mol. The smallest absolute Gasteiger partial charge is 0.0690 e. The Morgan fingerprint density at radius 3 is 3.00 bits per heavy atom. The lowest BCUT2D eigenvalue weighted by molar-refractivity contribution is 0.800. The third-order valence-corrected chi connectivity index (χ3v) is 2.11. The molecular weight excluding hydrogens is 162 g/mol. The minimum atomic E-state index is 0.805. The fourth-order valence-electron chi connectivity index (χ4n) is 1.52. The van der Waals surface area contributed by atoms with Crippen molar-refractivity contribution in [1.82, 2.24) is 10.3 Å². The highest BCUT2D eigenvalue weighted by molar-refractivity contribution is 5.90. The lowest BCUT2D eigenvalue weighted by Crippen LogP contribution is -2.04. The Morgan fingerprint density at radius 1 is 1.46 bits per heavy atom. The molecule has 0 aliphatic rings. The van der Waals surface area contributed by atoms with Gasteiger partial charge in [-0.05, 0) is 19.2 Å². The number of nitrogen functional groups attached to an aromatic ring is 1. The summed E-state index contributed by atoms with van der Waals surface area (Å²) in [6.45, 7) is 0.841. The number of para-hydroxylation sites is 1. The summed E-state index contributed by atoms with van der Waals surface area (Å²) >= 11 is 0. The maximum Gasteiger partial charge on any atom is 0.0690 e. The monoisotopic (exact) mass is 175 g/mol. The zero-order valence-electron chi connectivity index (χ0n) is 7.59. The van der Waals surface area contributed by atoms with Gasteiger partial charge in [0, 0.05) is 17.6 Å². The molecule has 68 valence electrons. The summed E-state index contributed by atoms with van der Waals surface area (Å²) in [5.74, 6) is 0. The molecule has 0 saturated carbocycles. The van der Waals surface area contributed by atoms with Crippen LogP contribution in [0, 0.1) is 0 Å². The van der Waals surface area contributed by atoms with Crippen LogP contribution in [-0.4, -0.2) is 12.0 Å². The maximum atomic E-state index is 5.81. The molecule has 0 unspecified atom stereocenters. The van der Waals surface area contributed by atoms with E-state index in [0.29, 0.717) is 0 Å². The first kappa shape index (κ1) is 8.13. The average Bonchev–Trinajstić information content (AvgIpc) is 2.49. The number of aromatic nitrogens is 1. The molecule has 1 aromatic carbocycles. The van der Waals surface area contributed by atoms with Crippen molar-refractivity contribution < 1.29 is 0 Å². The van der Waals surface area contributed by atoms with Gasteiger partial charge in [-0.1, -0.05) is 12.1 Å². The zero-order chi connectivity index (χ0) is 9.26. The van der Waals surface area contributed by atoms with Crippen molar-refractivity contribution in [2.24, 2.45) is 0 Å². The number of rotatable bonds is 2. The largest absolute Gasteiger partial charge is 0.397 e. The van der Waals surface area contributed by atoms with Gasteiger partial charge in [-0.15, -0.1) is 0 Å². The first-order valence-corrected chi connectivity index (χ1v) is 4.32. The Balaban J connectivity index is 2.55. The van der Waals surface area contributed by atoms with Crippen molar-refractivity contribution in [3.05, 3.63) is 30.0 Å². The van der Waals surface area contributed by atoms with E-state index in [2.05, 4.69) is 22.4 Å². The molecule has 0 bridgehead atoms. The van der Waals surface area contributed by atoms with E-state index in [9.17, 15) is 0 Å². The van der Waals surface area contributed by atoms with E-state index in [4.69, 9.17) is 5.73 Å². The van der Waals surface area contributed by atoms with Crippen LogP contribution in [0.15, 0.2) is 24.3 Å². The van der Waals surface area contributed by atoms with Crippen molar-refractivity contribution in [2.45, 2.75) is 6.54 Å². The van der Waals surface area contributed by atoms with Gasteiger partial charge in [0.15, 0.2) is 0 Å². The standard InChI is InChI=1S/C10H13N3/c1-12-6-8-5-7-3-2-4-9(11)10(7)13-8/h2-5,12-13H,6,11H2,1H3. The lowest BCUT2D eigenvalue weighted by atomic mass is 10.2. The number of aromatic amines is 1. The number of H-pyrrole nitrogens is 1. The van der Waals surface area contributed by atoms with Crippen LogP contribution in [0.5, 0.6) is 0 Å². The molecule has 0 spiro atoms. The number of fused-ring (bicyclic) bond motifs is 1. The van der Waals surface area contributed by atoms with Crippen LogP contribution in [0.2, 0.25) is 0 Å². The third-order valence-electron chi connectivity index (χ3n) is 2.11. The van der Waals surface area contributed by atoms with Gasteiger partial charge < -0.3 is 16.0 Å². The summed E-state index contributed by atoms with van der Waals surface area (Å²) in [4.78, 5) is 3.28. The highest BCUT2D eigenvalue weighted by atomic mass is 14.9. The molecule has 0 radical (unpaired) electrons. The molecule has 0 aliphatic carbocycles. The summed E-state index contributed by atoms with van der Waals surface area (Å²) in [6, 6.07) is 8.04. The molecule has 2 aromatic rings. The summed E-state index contributed by atoms with van der Waals surface area (Å²) in [5.41, 5.74) is 8.82. The van der Waals surface area contributed by atoms with E-state index in [1.165, 1.54) is 5.39 Å². The Hall–Kier alpha value is -1.48. The summed E-state index contributed by atoms with van der Waals surface area (Å²) in [7, 11) is 1.93. The van der Waals surface area contributed by atoms with Crippen molar-refractivity contribution in [3.63, 3.8) is 0 Å². The van der Waals surface area contributed by atoms with E-state index in [1.807, 2.05) is 19.2 Å². The number of anilines is 1. The quantitative estimate of drug-likeness (QED) is 0.605. The third kappa shape index (κ3) is 1.38. The fourth-order valence-corrected chi connectivity index (χ4v) is 1.52. The first-order valence-electron chi connectivity index (χ1n) is 4.32. The number of benzene rings is 1. The van der Waals surface area contributed by atoms with Crippen LogP contribution in [0.3, 0.4) is 0 Å². The molecule has 1 heterocycles. The highest BCUT2D eigenvalue weighted by Crippen LogP contribution is 2.20. The van der Waals surface area contributed by atoms with E-state index in [-0.39, 0.29) is 0 Å². The molecule has 0 aliphatic heterocycles. The SMILES string of the molecule is CNCc1cc2cccc(N)c2[nH]1. The molecule has 2 rings (SSSR count). The number of hydrogen-bond donors (Lipinski definition) is 3. The van der Waals surface area contributed by atoms with E-state index in [0.717, 1.165) is 23.4 Å². The predicted molar refractivity (Wildman–Crippen MR) is 55.5 cm³/mol. The molecule has 0 saturated heterocycles. The maximum absolute atomic E-state index is 5.81. The second-order valence-corrected chi connectivity index (χ2v) is 3.14. The summed E-state index contributed by atoms with van der Waals surface area (Å²) in [6.07, 6.45) is 0. The summed E-state index contributed by atoms with van der Waals surface area (Å²) < 4.78 is 0. The Bertz CT molecular complexity index is 417. The molecule has 0 atom stereocenters. The minimum Gasteiger partial charge on any atom is -0.397 e. The van der Waals surface area contributed by atoms with Gasteiger partial charge in [0.05, 0.1) is 11.2 Å². The normalized spacial score (nSPS) is 10.8. The van der Waals surface area contributed by atoms with Crippen molar-refractivity contribution >= 4 is 16.6 Å². The second kappa shape index (κ2) is 3.11. The molecule has 0 amide bonds. The van der Waals surface area contributed by atoms with Gasteiger partial charge in [0.25, 0.3) is 0 Å². The van der Waals surface area contributed by atoms with E-state index >= 15 is 0 Å². The van der Waals surface area contributed by atoms with Crippen LogP contribution < -0.4 is 11.1 Å². The number of hydrogen-bond acceptors (Lipinski definition) is 2. The van der Waals surface area contributed by atoms with Crippen LogP contribution in [0.1, 0.15) is 5.69 Å². The number of nitrogens with two attached hydrogens (primary N) is 1. The Kier molecular flexibility index (Phi) is 1.94. The molecule has 4 N–H and O–H groups in total. The fraction of sp³-hybridized carbons (Fsp3) is 0.200. The van der Waals surface area contributed by atoms with Crippen LogP contribution in [-0.2, 0) is 6.54 Å². The van der Waals surface area contributed by atoms with Gasteiger partial charge in [0.1, 0.15) is 0 Å². The Labute approximate surface area is 76.9 Å². The first-order chi connectivity index (χ1) is 6.31. The minimum absolute atomic E-state index is 0.805. The molecule has 3 nitrogen and oxygen atoms in total.